The molecule has 0 aliphatic carbocycles. The van der Waals surface area contributed by atoms with E-state index in [0.29, 0.717) is 12.8 Å². The second-order valence-corrected chi connectivity index (χ2v) is 17.9. The maximum Gasteiger partial charge on any atom is 0.306 e. The molecule has 0 saturated heterocycles. The van der Waals surface area contributed by atoms with E-state index in [9.17, 15) is 19.5 Å². The fraction of sp³-hybridized carbons (Fsp3) is 0.833. The predicted molar refractivity (Wildman–Crippen MR) is 258 cm³/mol. The number of aliphatic hydroxyl groups excluding tert-OH is 1. The zero-order valence-corrected chi connectivity index (χ0v) is 40.2. The van der Waals surface area contributed by atoms with Gasteiger partial charge in [-0.1, -0.05) is 179 Å². The van der Waals surface area contributed by atoms with Gasteiger partial charge in [-0.2, -0.15) is 0 Å². The Labute approximate surface area is 376 Å². The van der Waals surface area contributed by atoms with Crippen molar-refractivity contribution in [2.24, 2.45) is 0 Å². The molecule has 2 N–H and O–H groups in total. The van der Waals surface area contributed by atoms with Crippen molar-refractivity contribution in [2.75, 3.05) is 0 Å². The second-order valence-electron chi connectivity index (χ2n) is 17.9. The van der Waals surface area contributed by atoms with Gasteiger partial charge in [-0.15, -0.1) is 0 Å². The SMILES string of the molecule is CCCCCC(O)C/C=C/CCCCCCCCC(=O)OC(C/C=C/CCCCCCCCC(=O)OC(C/C=C/CCCCCCCCC(=O)O)CCCCC)CCCCC. The number of aliphatic carboxylic acids is 1. The van der Waals surface area contributed by atoms with Crippen LogP contribution in [0.3, 0.4) is 0 Å². The highest BCUT2D eigenvalue weighted by molar-refractivity contribution is 5.69. The lowest BCUT2D eigenvalue weighted by Gasteiger charge is -2.16. The summed E-state index contributed by atoms with van der Waals surface area (Å²) in [5.41, 5.74) is 0. The molecule has 0 aromatic rings. The van der Waals surface area contributed by atoms with E-state index in [1.54, 1.807) is 0 Å². The van der Waals surface area contributed by atoms with Crippen LogP contribution in [0.4, 0.5) is 0 Å². The Kier molecular flexibility index (Phi) is 45.2. The summed E-state index contributed by atoms with van der Waals surface area (Å²) < 4.78 is 11.9. The van der Waals surface area contributed by atoms with Crippen LogP contribution in [0.15, 0.2) is 36.5 Å². The van der Waals surface area contributed by atoms with Gasteiger partial charge in [-0.05, 0) is 96.3 Å². The average molecular weight is 859 g/mol. The minimum absolute atomic E-state index is 0.00782. The summed E-state index contributed by atoms with van der Waals surface area (Å²) in [5.74, 6) is -0.779. The van der Waals surface area contributed by atoms with Crippen molar-refractivity contribution in [1.82, 2.24) is 0 Å². The number of aliphatic hydroxyl groups is 1. The van der Waals surface area contributed by atoms with Crippen molar-refractivity contribution >= 4 is 17.9 Å². The molecule has 0 spiro atoms. The van der Waals surface area contributed by atoms with Crippen molar-refractivity contribution in [3.8, 4) is 0 Å². The van der Waals surface area contributed by atoms with E-state index >= 15 is 0 Å². The number of carbonyl (C=O) groups excluding carboxylic acids is 2. The van der Waals surface area contributed by atoms with Crippen LogP contribution in [0.25, 0.3) is 0 Å². The molecule has 0 rings (SSSR count). The van der Waals surface area contributed by atoms with Gasteiger partial charge in [-0.25, -0.2) is 0 Å². The Balaban J connectivity index is 4.10. The van der Waals surface area contributed by atoms with E-state index in [1.807, 2.05) is 0 Å². The molecular weight excluding hydrogens is 761 g/mol. The molecule has 0 aromatic heterocycles. The van der Waals surface area contributed by atoms with Crippen LogP contribution in [-0.4, -0.2) is 46.4 Å². The molecule has 3 unspecified atom stereocenters. The molecule has 0 amide bonds. The van der Waals surface area contributed by atoms with E-state index in [1.165, 1.54) is 89.9 Å². The summed E-state index contributed by atoms with van der Waals surface area (Å²) in [6, 6.07) is 0. The molecule has 7 heteroatoms. The van der Waals surface area contributed by atoms with Crippen LogP contribution < -0.4 is 0 Å². The quantitative estimate of drug-likeness (QED) is 0.0356. The first-order chi connectivity index (χ1) is 29.8. The average Bonchev–Trinajstić information content (AvgIpc) is 3.23. The first-order valence-corrected chi connectivity index (χ1v) is 26.1. The highest BCUT2D eigenvalue weighted by atomic mass is 16.5. The lowest BCUT2D eigenvalue weighted by atomic mass is 10.1. The molecule has 3 atom stereocenters. The third-order valence-corrected chi connectivity index (χ3v) is 11.7. The van der Waals surface area contributed by atoms with Gasteiger partial charge in [0.05, 0.1) is 6.10 Å². The number of ether oxygens (including phenoxy) is 2. The van der Waals surface area contributed by atoms with E-state index in [2.05, 4.69) is 57.2 Å². The molecule has 61 heavy (non-hydrogen) atoms. The predicted octanol–water partition coefficient (Wildman–Crippen LogP) is 16.2. The molecule has 0 fully saturated rings. The normalized spacial score (nSPS) is 13.4. The van der Waals surface area contributed by atoms with Crippen LogP contribution in [0, 0.1) is 0 Å². The summed E-state index contributed by atoms with van der Waals surface area (Å²) >= 11 is 0. The maximum absolute atomic E-state index is 12.7. The summed E-state index contributed by atoms with van der Waals surface area (Å²) in [6.07, 6.45) is 53.1. The summed E-state index contributed by atoms with van der Waals surface area (Å²) in [5, 5.41) is 18.7. The number of hydrogen-bond donors (Lipinski definition) is 2. The van der Waals surface area contributed by atoms with Gasteiger partial charge in [0.25, 0.3) is 0 Å². The Hall–Kier alpha value is -2.41. The van der Waals surface area contributed by atoms with Crippen molar-refractivity contribution in [1.29, 1.82) is 0 Å². The van der Waals surface area contributed by atoms with Gasteiger partial charge in [-0.3, -0.25) is 14.4 Å². The first kappa shape index (κ1) is 58.6. The number of rotatable bonds is 47. The van der Waals surface area contributed by atoms with E-state index in [-0.39, 0.29) is 36.7 Å². The molecule has 0 radical (unpaired) electrons. The maximum atomic E-state index is 12.7. The van der Waals surface area contributed by atoms with E-state index in [0.717, 1.165) is 141 Å². The lowest BCUT2D eigenvalue weighted by Crippen LogP contribution is -2.17. The van der Waals surface area contributed by atoms with Gasteiger partial charge in [0.15, 0.2) is 0 Å². The number of hydrogen-bond acceptors (Lipinski definition) is 6. The molecule has 7 nitrogen and oxygen atoms in total. The molecule has 0 bridgehead atoms. The zero-order valence-electron chi connectivity index (χ0n) is 40.2. The molecule has 0 aliphatic heterocycles. The number of carboxylic acids is 1. The van der Waals surface area contributed by atoms with Crippen molar-refractivity contribution in [3.05, 3.63) is 36.5 Å². The Morgan fingerprint density at radius 3 is 1.10 bits per heavy atom. The summed E-state index contributed by atoms with van der Waals surface area (Å²) in [6.45, 7) is 6.61. The Bertz CT molecular complexity index is 1070. The topological polar surface area (TPSA) is 110 Å². The summed E-state index contributed by atoms with van der Waals surface area (Å²) in [7, 11) is 0. The summed E-state index contributed by atoms with van der Waals surface area (Å²) in [4.78, 5) is 35.9. The van der Waals surface area contributed by atoms with Crippen LogP contribution in [-0.2, 0) is 23.9 Å². The highest BCUT2D eigenvalue weighted by Gasteiger charge is 2.14. The van der Waals surface area contributed by atoms with Crippen LogP contribution in [0.1, 0.15) is 271 Å². The van der Waals surface area contributed by atoms with Gasteiger partial charge in [0.1, 0.15) is 12.2 Å². The molecule has 0 heterocycles. The fourth-order valence-corrected chi connectivity index (χ4v) is 7.76. The fourth-order valence-electron chi connectivity index (χ4n) is 7.76. The van der Waals surface area contributed by atoms with Crippen molar-refractivity contribution in [3.63, 3.8) is 0 Å². The van der Waals surface area contributed by atoms with Crippen LogP contribution in [0.2, 0.25) is 0 Å². The van der Waals surface area contributed by atoms with E-state index in [4.69, 9.17) is 14.6 Å². The number of carboxylic acid groups (broad SMARTS) is 1. The molecule has 356 valence electrons. The molecule has 0 aromatic carbocycles. The van der Waals surface area contributed by atoms with Crippen LogP contribution >= 0.6 is 0 Å². The van der Waals surface area contributed by atoms with Gasteiger partial charge < -0.3 is 19.7 Å². The zero-order chi connectivity index (χ0) is 44.7. The Morgan fingerprint density at radius 1 is 0.393 bits per heavy atom. The van der Waals surface area contributed by atoms with E-state index < -0.39 is 5.97 Å². The first-order valence-electron chi connectivity index (χ1n) is 26.1. The molecule has 0 aliphatic rings. The van der Waals surface area contributed by atoms with Crippen molar-refractivity contribution < 1.29 is 34.1 Å². The number of esters is 2. The van der Waals surface area contributed by atoms with Gasteiger partial charge in [0, 0.05) is 32.1 Å². The Morgan fingerprint density at radius 2 is 0.721 bits per heavy atom. The molecule has 0 saturated carbocycles. The monoisotopic (exact) mass is 859 g/mol. The third kappa shape index (κ3) is 45.4. The third-order valence-electron chi connectivity index (χ3n) is 11.7. The largest absolute Gasteiger partial charge is 0.481 e. The molecular formula is C54H98O7. The van der Waals surface area contributed by atoms with Crippen LogP contribution in [0.5, 0.6) is 0 Å². The second kappa shape index (κ2) is 47.1. The van der Waals surface area contributed by atoms with Gasteiger partial charge in [0.2, 0.25) is 0 Å². The minimum atomic E-state index is -0.697. The van der Waals surface area contributed by atoms with Crippen molar-refractivity contribution in [2.45, 2.75) is 289 Å². The standard InChI is InChI=1S/C54H98O7/c1-4-7-31-40-49(55)41-34-25-19-13-10-17-23-29-38-47-53(58)61-51(43-33-9-6-3)45-36-27-21-15-12-18-24-30-39-48-54(59)60-50(42-32-8-5-2)44-35-26-20-14-11-16-22-28-37-46-52(56)57/h25-27,34-36,49-51,55H,4-24,28-33,37-48H2,1-3H3,(H,56,57)/b34-25+,35-26+,36-27+. The number of unbranched alkanes of at least 4 members (excludes halogenated alkanes) is 24. The highest BCUT2D eigenvalue weighted by Crippen LogP contribution is 2.18. The number of allylic oxidation sites excluding steroid dienone is 3. The lowest BCUT2D eigenvalue weighted by molar-refractivity contribution is -0.150. The number of carbonyl (C=O) groups is 3. The minimum Gasteiger partial charge on any atom is -0.481 e. The van der Waals surface area contributed by atoms with Gasteiger partial charge >= 0.3 is 17.9 Å². The smallest absolute Gasteiger partial charge is 0.306 e.